The molecule has 0 fully saturated rings. The van der Waals surface area contributed by atoms with Gasteiger partial charge in [-0.25, -0.2) is 0 Å². The molecule has 1 atom stereocenters. The van der Waals surface area contributed by atoms with Crippen LogP contribution in [0.1, 0.15) is 44.5 Å². The van der Waals surface area contributed by atoms with Crippen LogP contribution >= 0.6 is 0 Å². The summed E-state index contributed by atoms with van der Waals surface area (Å²) in [5, 5.41) is 3.28. The lowest BCUT2D eigenvalue weighted by atomic mass is 9.88. The minimum absolute atomic E-state index is 0.0834. The van der Waals surface area contributed by atoms with Crippen LogP contribution in [0, 0.1) is 0 Å². The Morgan fingerprint density at radius 2 is 1.83 bits per heavy atom. The van der Waals surface area contributed by atoms with Gasteiger partial charge in [-0.15, -0.1) is 0 Å². The first kappa shape index (κ1) is 17.4. The number of nitrogens with one attached hydrogen (secondary N) is 1. The number of ketones is 1. The first-order valence-corrected chi connectivity index (χ1v) is 8.11. The van der Waals surface area contributed by atoms with E-state index < -0.39 is 0 Å². The monoisotopic (exact) mass is 310 g/mol. The number of nitrogens with zero attached hydrogens (tertiary/aromatic N) is 1. The summed E-state index contributed by atoms with van der Waals surface area (Å²) in [6, 6.07) is 14.0. The molecule has 1 aromatic heterocycles. The van der Waals surface area contributed by atoms with Crippen molar-refractivity contribution in [3.63, 3.8) is 0 Å². The zero-order valence-corrected chi connectivity index (χ0v) is 14.5. The minimum Gasteiger partial charge on any atom is -0.304 e. The van der Waals surface area contributed by atoms with Crippen LogP contribution in [-0.4, -0.2) is 16.8 Å². The molecule has 0 bridgehead atoms. The molecule has 0 amide bonds. The molecule has 0 saturated carbocycles. The molecule has 0 saturated heterocycles. The van der Waals surface area contributed by atoms with Gasteiger partial charge in [0.15, 0.2) is 5.78 Å². The topological polar surface area (TPSA) is 42.0 Å². The first-order chi connectivity index (χ1) is 10.9. The molecule has 0 radical (unpaired) electrons. The molecule has 3 nitrogen and oxygen atoms in total. The van der Waals surface area contributed by atoms with Crippen molar-refractivity contribution >= 4 is 5.78 Å². The molecule has 2 rings (SSSR count). The molecule has 0 spiro atoms. The number of benzene rings is 1. The fourth-order valence-corrected chi connectivity index (χ4v) is 2.28. The number of carbonyl (C=O) groups excluding carboxylic acids is 1. The summed E-state index contributed by atoms with van der Waals surface area (Å²) < 4.78 is 0. The van der Waals surface area contributed by atoms with Crippen LogP contribution in [0.25, 0.3) is 0 Å². The lowest BCUT2D eigenvalue weighted by Gasteiger charge is -2.18. The fourth-order valence-electron chi connectivity index (χ4n) is 2.28. The molecule has 0 aliphatic rings. The van der Waals surface area contributed by atoms with Crippen molar-refractivity contribution in [2.24, 2.45) is 0 Å². The number of hydrogen-bond acceptors (Lipinski definition) is 3. The molecule has 0 aliphatic carbocycles. The van der Waals surface area contributed by atoms with Gasteiger partial charge in [0.1, 0.15) is 0 Å². The average molecular weight is 310 g/mol. The highest BCUT2D eigenvalue weighted by molar-refractivity contribution is 5.85. The Bertz CT molecular complexity index is 627. The SMILES string of the molecule is CC(NCc1ccccc1)C(=O)Cc1ccc(C(C)(C)C)cn1. The third-order valence-electron chi connectivity index (χ3n) is 3.98. The standard InChI is InChI=1S/C20H26N2O/c1-15(21-13-16-8-6-5-7-9-16)19(23)12-18-11-10-17(14-22-18)20(2,3)4/h5-11,14-15,21H,12-13H2,1-4H3. The van der Waals surface area contributed by atoms with Crippen molar-refractivity contribution in [3.05, 3.63) is 65.5 Å². The van der Waals surface area contributed by atoms with Crippen molar-refractivity contribution < 1.29 is 4.79 Å². The highest BCUT2D eigenvalue weighted by Crippen LogP contribution is 2.21. The zero-order valence-electron chi connectivity index (χ0n) is 14.5. The van der Waals surface area contributed by atoms with E-state index in [-0.39, 0.29) is 17.2 Å². The Balaban J connectivity index is 1.88. The Morgan fingerprint density at radius 1 is 1.13 bits per heavy atom. The molecule has 2 aromatic rings. The summed E-state index contributed by atoms with van der Waals surface area (Å²) in [4.78, 5) is 16.8. The summed E-state index contributed by atoms with van der Waals surface area (Å²) in [5.41, 5.74) is 3.28. The first-order valence-electron chi connectivity index (χ1n) is 8.11. The number of rotatable bonds is 6. The second-order valence-corrected chi connectivity index (χ2v) is 7.02. The van der Waals surface area contributed by atoms with E-state index in [1.807, 2.05) is 37.4 Å². The van der Waals surface area contributed by atoms with Crippen LogP contribution in [0.4, 0.5) is 0 Å². The van der Waals surface area contributed by atoms with E-state index in [9.17, 15) is 4.79 Å². The van der Waals surface area contributed by atoms with E-state index >= 15 is 0 Å². The zero-order chi connectivity index (χ0) is 16.9. The van der Waals surface area contributed by atoms with Gasteiger partial charge in [0, 0.05) is 18.4 Å². The smallest absolute Gasteiger partial charge is 0.155 e. The van der Waals surface area contributed by atoms with Gasteiger partial charge >= 0.3 is 0 Å². The average Bonchev–Trinajstić information content (AvgIpc) is 2.53. The number of aromatic nitrogens is 1. The number of hydrogen-bond donors (Lipinski definition) is 1. The second-order valence-electron chi connectivity index (χ2n) is 7.02. The highest BCUT2D eigenvalue weighted by atomic mass is 16.1. The Kier molecular flexibility index (Phi) is 5.67. The lowest BCUT2D eigenvalue weighted by Crippen LogP contribution is -2.34. The van der Waals surface area contributed by atoms with E-state index in [0.29, 0.717) is 13.0 Å². The van der Waals surface area contributed by atoms with E-state index in [1.165, 1.54) is 11.1 Å². The molecular weight excluding hydrogens is 284 g/mol. The maximum atomic E-state index is 12.3. The number of carbonyl (C=O) groups is 1. The van der Waals surface area contributed by atoms with Crippen LogP contribution in [0.15, 0.2) is 48.7 Å². The van der Waals surface area contributed by atoms with Gasteiger partial charge in [-0.05, 0) is 29.5 Å². The van der Waals surface area contributed by atoms with Gasteiger partial charge in [0.05, 0.1) is 12.5 Å². The van der Waals surface area contributed by atoms with Gasteiger partial charge < -0.3 is 5.32 Å². The maximum absolute atomic E-state index is 12.3. The van der Waals surface area contributed by atoms with Crippen molar-refractivity contribution in [3.8, 4) is 0 Å². The summed E-state index contributed by atoms with van der Waals surface area (Å²) in [7, 11) is 0. The maximum Gasteiger partial charge on any atom is 0.155 e. The molecule has 1 aromatic carbocycles. The van der Waals surface area contributed by atoms with Crippen molar-refractivity contribution in [1.29, 1.82) is 0 Å². The van der Waals surface area contributed by atoms with Gasteiger partial charge in [-0.3, -0.25) is 9.78 Å². The summed E-state index contributed by atoms with van der Waals surface area (Å²) >= 11 is 0. The predicted molar refractivity (Wildman–Crippen MR) is 94.4 cm³/mol. The third-order valence-corrected chi connectivity index (χ3v) is 3.98. The van der Waals surface area contributed by atoms with Gasteiger partial charge in [0.2, 0.25) is 0 Å². The quantitative estimate of drug-likeness (QED) is 0.885. The van der Waals surface area contributed by atoms with Crippen molar-refractivity contribution in [2.75, 3.05) is 0 Å². The molecular formula is C20H26N2O. The predicted octanol–water partition coefficient (Wildman–Crippen LogP) is 3.67. The molecule has 23 heavy (non-hydrogen) atoms. The summed E-state index contributed by atoms with van der Waals surface area (Å²) in [6.07, 6.45) is 2.25. The Hall–Kier alpha value is -2.00. The largest absolute Gasteiger partial charge is 0.304 e. The van der Waals surface area contributed by atoms with E-state index in [4.69, 9.17) is 0 Å². The van der Waals surface area contributed by atoms with Crippen molar-refractivity contribution in [2.45, 2.75) is 52.1 Å². The Morgan fingerprint density at radius 3 is 2.39 bits per heavy atom. The summed E-state index contributed by atoms with van der Waals surface area (Å²) in [6.45, 7) is 9.08. The van der Waals surface area contributed by atoms with Gasteiger partial charge in [-0.2, -0.15) is 0 Å². The van der Waals surface area contributed by atoms with E-state index in [1.54, 1.807) is 0 Å². The van der Waals surface area contributed by atoms with Crippen LogP contribution in [-0.2, 0) is 23.2 Å². The molecule has 1 heterocycles. The normalized spacial score (nSPS) is 12.9. The third kappa shape index (κ3) is 5.29. The molecule has 122 valence electrons. The number of Topliss-reactive ketones (excluding diaryl/α,β-unsaturated/α-hetero) is 1. The fraction of sp³-hybridized carbons (Fsp3) is 0.400. The van der Waals surface area contributed by atoms with Crippen LogP contribution in [0.3, 0.4) is 0 Å². The molecule has 1 unspecified atom stereocenters. The second kappa shape index (κ2) is 7.51. The van der Waals surface area contributed by atoms with Crippen molar-refractivity contribution in [1.82, 2.24) is 10.3 Å². The van der Waals surface area contributed by atoms with Crippen LogP contribution in [0.5, 0.6) is 0 Å². The Labute approximate surface area is 139 Å². The molecule has 0 aliphatic heterocycles. The van der Waals surface area contributed by atoms with Crippen LogP contribution < -0.4 is 5.32 Å². The van der Waals surface area contributed by atoms with Gasteiger partial charge in [0.25, 0.3) is 0 Å². The van der Waals surface area contributed by atoms with E-state index in [2.05, 4.69) is 49.3 Å². The summed E-state index contributed by atoms with van der Waals surface area (Å²) in [5.74, 6) is 0.164. The lowest BCUT2D eigenvalue weighted by molar-refractivity contribution is -0.120. The molecule has 1 N–H and O–H groups in total. The molecule has 3 heteroatoms. The number of pyridine rings is 1. The highest BCUT2D eigenvalue weighted by Gasteiger charge is 2.16. The van der Waals surface area contributed by atoms with Gasteiger partial charge in [-0.1, -0.05) is 57.2 Å². The van der Waals surface area contributed by atoms with E-state index in [0.717, 1.165) is 5.69 Å². The van der Waals surface area contributed by atoms with Crippen LogP contribution in [0.2, 0.25) is 0 Å². The minimum atomic E-state index is -0.181.